The molecule has 1 aliphatic heterocycles. The topological polar surface area (TPSA) is 109 Å². The van der Waals surface area contributed by atoms with Gasteiger partial charge in [0, 0.05) is 18.2 Å². The van der Waals surface area contributed by atoms with E-state index in [0.717, 1.165) is 6.20 Å². The highest BCUT2D eigenvalue weighted by Crippen LogP contribution is 2.33. The van der Waals surface area contributed by atoms with Crippen molar-refractivity contribution in [3.05, 3.63) is 42.4 Å². The molecule has 1 atom stereocenters. The van der Waals surface area contributed by atoms with Crippen molar-refractivity contribution in [1.82, 2.24) is 20.1 Å². The maximum atomic E-state index is 13.3. The van der Waals surface area contributed by atoms with E-state index in [0.29, 0.717) is 15.9 Å². The summed E-state index contributed by atoms with van der Waals surface area (Å²) in [6.07, 6.45) is 4.83. The lowest BCUT2D eigenvalue weighted by Gasteiger charge is -2.17. The summed E-state index contributed by atoms with van der Waals surface area (Å²) in [7, 11) is 0. The molecule has 2 aromatic rings. The predicted molar refractivity (Wildman–Crippen MR) is 87.6 cm³/mol. The first-order valence-electron chi connectivity index (χ1n) is 7.72. The summed E-state index contributed by atoms with van der Waals surface area (Å²) < 4.78 is 27.1. The lowest BCUT2D eigenvalue weighted by Crippen LogP contribution is -2.27. The van der Waals surface area contributed by atoms with Crippen molar-refractivity contribution in [2.75, 3.05) is 5.32 Å². The monoisotopic (exact) mass is 363 g/mol. The van der Waals surface area contributed by atoms with Gasteiger partial charge in [0.1, 0.15) is 0 Å². The Kier molecular flexibility index (Phi) is 4.92. The molecule has 10 heteroatoms. The van der Waals surface area contributed by atoms with E-state index in [1.54, 1.807) is 12.2 Å². The molecule has 0 aromatic carbocycles. The van der Waals surface area contributed by atoms with E-state index >= 15 is 0 Å². The third kappa shape index (κ3) is 3.68. The zero-order valence-electron chi connectivity index (χ0n) is 13.4. The Bertz CT molecular complexity index is 865. The van der Waals surface area contributed by atoms with E-state index in [1.165, 1.54) is 18.3 Å². The quantitative estimate of drug-likeness (QED) is 0.711. The van der Waals surface area contributed by atoms with E-state index < -0.39 is 24.6 Å². The van der Waals surface area contributed by atoms with Crippen LogP contribution in [0, 0.1) is 0 Å². The molecule has 0 unspecified atom stereocenters. The molecule has 3 heterocycles. The standard InChI is InChI=1S/C16H15F2N5O3/c17-15(18)23-14-9-5-6-19-11(7-9)10(22-16(25)26)3-1-2-4-13(24)21-12(14)8-20-23/h1-2,5-8,10,15,22H,3-4H2,(H,21,24)(H,25,26)/b2-1+/t10-/m0/s1. The Labute approximate surface area is 146 Å². The van der Waals surface area contributed by atoms with Gasteiger partial charge in [0.15, 0.2) is 0 Å². The van der Waals surface area contributed by atoms with Gasteiger partial charge >= 0.3 is 12.6 Å². The Morgan fingerprint density at radius 1 is 1.42 bits per heavy atom. The third-order valence-electron chi connectivity index (χ3n) is 3.81. The Balaban J connectivity index is 2.15. The summed E-state index contributed by atoms with van der Waals surface area (Å²) in [5.41, 5.74) is 0.874. The highest BCUT2D eigenvalue weighted by Gasteiger charge is 2.22. The Morgan fingerprint density at radius 2 is 2.23 bits per heavy atom. The van der Waals surface area contributed by atoms with Gasteiger partial charge in [-0.2, -0.15) is 13.9 Å². The van der Waals surface area contributed by atoms with Crippen molar-refractivity contribution >= 4 is 17.7 Å². The Hall–Kier alpha value is -3.30. The smallest absolute Gasteiger partial charge is 0.405 e. The van der Waals surface area contributed by atoms with Crippen LogP contribution in [0.5, 0.6) is 0 Å². The largest absolute Gasteiger partial charge is 0.465 e. The van der Waals surface area contributed by atoms with Gasteiger partial charge in [-0.1, -0.05) is 12.2 Å². The fourth-order valence-electron chi connectivity index (χ4n) is 2.70. The normalized spacial score (nSPS) is 18.3. The lowest BCUT2D eigenvalue weighted by molar-refractivity contribution is -0.115. The highest BCUT2D eigenvalue weighted by atomic mass is 19.3. The van der Waals surface area contributed by atoms with Crippen molar-refractivity contribution < 1.29 is 23.5 Å². The van der Waals surface area contributed by atoms with Crippen LogP contribution in [0.2, 0.25) is 0 Å². The van der Waals surface area contributed by atoms with Crippen LogP contribution in [0.4, 0.5) is 19.3 Å². The molecule has 3 rings (SSSR count). The number of aromatic nitrogens is 3. The van der Waals surface area contributed by atoms with Gasteiger partial charge in [0.25, 0.3) is 0 Å². The highest BCUT2D eigenvalue weighted by molar-refractivity contribution is 5.95. The number of hydrogen-bond acceptors (Lipinski definition) is 4. The van der Waals surface area contributed by atoms with Crippen LogP contribution in [-0.4, -0.2) is 31.9 Å². The van der Waals surface area contributed by atoms with Crippen molar-refractivity contribution in [3.63, 3.8) is 0 Å². The summed E-state index contributed by atoms with van der Waals surface area (Å²) in [6.45, 7) is -2.91. The number of amides is 2. The molecule has 1 aliphatic rings. The average Bonchev–Trinajstić information content (AvgIpc) is 3.00. The molecule has 0 aliphatic carbocycles. The summed E-state index contributed by atoms with van der Waals surface area (Å²) >= 11 is 0. The van der Waals surface area contributed by atoms with Crippen molar-refractivity contribution in [1.29, 1.82) is 0 Å². The predicted octanol–water partition coefficient (Wildman–Crippen LogP) is 2.94. The zero-order valence-corrected chi connectivity index (χ0v) is 13.4. The number of nitrogens with zero attached hydrogens (tertiary/aromatic N) is 3. The minimum Gasteiger partial charge on any atom is -0.465 e. The molecule has 26 heavy (non-hydrogen) atoms. The number of rotatable bonds is 2. The van der Waals surface area contributed by atoms with Crippen LogP contribution in [0.3, 0.4) is 0 Å². The number of halogens is 2. The number of fused-ring (bicyclic) bond motifs is 4. The van der Waals surface area contributed by atoms with Crippen molar-refractivity contribution in [2.45, 2.75) is 25.4 Å². The minimum atomic E-state index is -2.91. The number of alkyl halides is 2. The lowest BCUT2D eigenvalue weighted by atomic mass is 10.0. The average molecular weight is 363 g/mol. The number of carbonyl (C=O) groups excluding carboxylic acids is 1. The molecule has 0 fully saturated rings. The molecule has 3 N–H and O–H groups in total. The van der Waals surface area contributed by atoms with E-state index in [2.05, 4.69) is 20.7 Å². The maximum Gasteiger partial charge on any atom is 0.405 e. The van der Waals surface area contributed by atoms with Gasteiger partial charge in [-0.15, -0.1) is 0 Å². The van der Waals surface area contributed by atoms with E-state index in [4.69, 9.17) is 5.11 Å². The molecular formula is C16H15F2N5O3. The second-order valence-corrected chi connectivity index (χ2v) is 5.56. The summed E-state index contributed by atoms with van der Waals surface area (Å²) in [5.74, 6) is -0.395. The number of pyridine rings is 1. The maximum absolute atomic E-state index is 13.3. The van der Waals surface area contributed by atoms with Crippen LogP contribution in [0.1, 0.15) is 31.1 Å². The van der Waals surface area contributed by atoms with Gasteiger partial charge in [-0.25, -0.2) is 9.48 Å². The van der Waals surface area contributed by atoms with Crippen LogP contribution in [0.25, 0.3) is 11.3 Å². The fourth-order valence-corrected chi connectivity index (χ4v) is 2.70. The van der Waals surface area contributed by atoms with Gasteiger partial charge in [0.2, 0.25) is 5.91 Å². The van der Waals surface area contributed by atoms with Crippen molar-refractivity contribution in [2.24, 2.45) is 0 Å². The van der Waals surface area contributed by atoms with Gasteiger partial charge in [0.05, 0.1) is 29.3 Å². The number of carbonyl (C=O) groups is 2. The number of hydrogen-bond donors (Lipinski definition) is 3. The third-order valence-corrected chi connectivity index (χ3v) is 3.81. The first kappa shape index (κ1) is 17.5. The fraction of sp³-hybridized carbons (Fsp3) is 0.250. The molecular weight excluding hydrogens is 348 g/mol. The SMILES string of the molecule is O=C(O)N[C@H]1C/C=C/CC(=O)Nc2cnn(C(F)F)c2-c2ccnc1c2. The van der Waals surface area contributed by atoms with Crippen LogP contribution in [0.15, 0.2) is 36.7 Å². The van der Waals surface area contributed by atoms with Crippen LogP contribution in [-0.2, 0) is 4.79 Å². The summed E-state index contributed by atoms with van der Waals surface area (Å²) in [6, 6.07) is 2.31. The van der Waals surface area contributed by atoms with E-state index in [-0.39, 0.29) is 24.2 Å². The molecule has 8 nitrogen and oxygen atoms in total. The molecule has 0 saturated heterocycles. The molecule has 136 valence electrons. The minimum absolute atomic E-state index is 0.0143. The summed E-state index contributed by atoms with van der Waals surface area (Å²) in [5, 5.41) is 17.6. The molecule has 2 bridgehead atoms. The molecule has 0 spiro atoms. The van der Waals surface area contributed by atoms with Gasteiger partial charge in [-0.05, 0) is 18.6 Å². The molecule has 2 aromatic heterocycles. The Morgan fingerprint density at radius 3 is 2.96 bits per heavy atom. The van der Waals surface area contributed by atoms with Crippen LogP contribution < -0.4 is 10.6 Å². The molecule has 2 amide bonds. The first-order valence-corrected chi connectivity index (χ1v) is 7.72. The second-order valence-electron chi connectivity index (χ2n) is 5.56. The zero-order chi connectivity index (χ0) is 18.7. The molecule has 0 saturated carbocycles. The molecule has 0 radical (unpaired) electrons. The van der Waals surface area contributed by atoms with Crippen molar-refractivity contribution in [3.8, 4) is 11.3 Å². The van der Waals surface area contributed by atoms with Gasteiger partial charge < -0.3 is 15.7 Å². The number of anilines is 1. The summed E-state index contributed by atoms with van der Waals surface area (Å²) in [4.78, 5) is 27.2. The van der Waals surface area contributed by atoms with E-state index in [9.17, 15) is 18.4 Å². The first-order chi connectivity index (χ1) is 12.5. The number of nitrogens with one attached hydrogen (secondary N) is 2. The second kappa shape index (κ2) is 7.30. The van der Waals surface area contributed by atoms with Crippen LogP contribution >= 0.6 is 0 Å². The van der Waals surface area contributed by atoms with E-state index in [1.807, 2.05) is 0 Å². The van der Waals surface area contributed by atoms with Gasteiger partial charge in [-0.3, -0.25) is 9.78 Å². The number of carboxylic acid groups (broad SMARTS) is 1.